The van der Waals surface area contributed by atoms with E-state index in [1.165, 1.54) is 0 Å². The second-order valence-electron chi connectivity index (χ2n) is 11.3. The number of hydrogen-bond donors (Lipinski definition) is 2. The molecule has 0 aliphatic heterocycles. The average molecular weight is 449 g/mol. The van der Waals surface area contributed by atoms with Crippen molar-refractivity contribution in [2.45, 2.75) is 84.3 Å². The standard InChI is InChI=1S/C25H36O7/c1-14(2)13-31-22(30)32-25(21(28)29)10-8-18-17-6-5-15-11-16(26)7-9-23(15,3)20(17)19(27)12-24(18,25)4/h11,14,17-20,27H,5-10,12-13H2,1-4H3,(H,28,29)/t17-,18-,19?,20-,23-,24-,25?/m0/s1. The van der Waals surface area contributed by atoms with Gasteiger partial charge in [0.25, 0.3) is 0 Å². The van der Waals surface area contributed by atoms with Crippen LogP contribution in [0.4, 0.5) is 4.79 Å². The number of ketones is 1. The van der Waals surface area contributed by atoms with Gasteiger partial charge in [0.2, 0.25) is 5.60 Å². The number of ether oxygens (including phenoxy) is 2. The third-order valence-corrected chi connectivity index (χ3v) is 9.15. The summed E-state index contributed by atoms with van der Waals surface area (Å²) in [6.07, 6.45) is 4.01. The fourth-order valence-electron chi connectivity index (χ4n) is 7.64. The molecule has 0 spiro atoms. The van der Waals surface area contributed by atoms with Crippen LogP contribution in [0.5, 0.6) is 0 Å². The maximum atomic E-state index is 12.6. The first-order valence-electron chi connectivity index (χ1n) is 12.0. The molecule has 0 saturated heterocycles. The first kappa shape index (κ1) is 23.3. The molecule has 0 amide bonds. The molecule has 3 saturated carbocycles. The Labute approximate surface area is 189 Å². The van der Waals surface area contributed by atoms with E-state index in [0.717, 1.165) is 24.8 Å². The number of aliphatic hydroxyl groups excluding tert-OH is 1. The molecule has 0 aromatic carbocycles. The van der Waals surface area contributed by atoms with Crippen molar-refractivity contribution in [2.75, 3.05) is 6.61 Å². The number of aliphatic carboxylic acids is 1. The molecule has 3 fully saturated rings. The van der Waals surface area contributed by atoms with Crippen molar-refractivity contribution in [3.63, 3.8) is 0 Å². The van der Waals surface area contributed by atoms with Gasteiger partial charge < -0.3 is 19.7 Å². The molecule has 0 aromatic rings. The van der Waals surface area contributed by atoms with E-state index in [1.54, 1.807) is 6.08 Å². The van der Waals surface area contributed by atoms with Crippen molar-refractivity contribution in [1.82, 2.24) is 0 Å². The second-order valence-corrected chi connectivity index (χ2v) is 11.3. The number of rotatable bonds is 4. The van der Waals surface area contributed by atoms with Crippen LogP contribution in [0.1, 0.15) is 72.6 Å². The van der Waals surface area contributed by atoms with Gasteiger partial charge in [0.05, 0.1) is 12.7 Å². The zero-order valence-electron chi connectivity index (χ0n) is 19.6. The Bertz CT molecular complexity index is 847. The molecule has 178 valence electrons. The molecular weight excluding hydrogens is 412 g/mol. The number of aliphatic hydroxyl groups is 1. The molecule has 7 atom stereocenters. The minimum Gasteiger partial charge on any atom is -0.478 e. The number of hydrogen-bond acceptors (Lipinski definition) is 6. The van der Waals surface area contributed by atoms with E-state index in [4.69, 9.17) is 9.47 Å². The van der Waals surface area contributed by atoms with Crippen molar-refractivity contribution >= 4 is 17.9 Å². The molecule has 2 unspecified atom stereocenters. The summed E-state index contributed by atoms with van der Waals surface area (Å²) < 4.78 is 10.8. The molecule has 0 heterocycles. The summed E-state index contributed by atoms with van der Waals surface area (Å²) in [4.78, 5) is 37.1. The highest BCUT2D eigenvalue weighted by molar-refractivity contribution is 5.91. The van der Waals surface area contributed by atoms with Crippen molar-refractivity contribution in [2.24, 2.45) is 34.5 Å². The topological polar surface area (TPSA) is 110 Å². The fourth-order valence-corrected chi connectivity index (χ4v) is 7.64. The lowest BCUT2D eigenvalue weighted by atomic mass is 9.45. The number of carbonyl (C=O) groups is 3. The minimum atomic E-state index is -1.71. The monoisotopic (exact) mass is 448 g/mol. The summed E-state index contributed by atoms with van der Waals surface area (Å²) in [5.74, 6) is -0.784. The SMILES string of the molecule is CC(C)COC(=O)OC1(C(=O)O)CC[C@H]2[C@@H]3CCC4=CC(=O)CC[C@]4(C)[C@@H]3C(O)C[C@@]21C. The molecule has 4 rings (SSSR count). The number of fused-ring (bicyclic) bond motifs is 5. The van der Waals surface area contributed by atoms with E-state index in [1.807, 2.05) is 20.8 Å². The summed E-state index contributed by atoms with van der Waals surface area (Å²) in [6, 6.07) is 0. The summed E-state index contributed by atoms with van der Waals surface area (Å²) in [6.45, 7) is 7.99. The maximum absolute atomic E-state index is 12.6. The number of carboxylic acid groups (broad SMARTS) is 1. The van der Waals surface area contributed by atoms with Crippen LogP contribution in [-0.2, 0) is 19.1 Å². The Morgan fingerprint density at radius 2 is 1.91 bits per heavy atom. The summed E-state index contributed by atoms with van der Waals surface area (Å²) in [5.41, 5.74) is -1.72. The molecule has 7 heteroatoms. The Morgan fingerprint density at radius 3 is 2.56 bits per heavy atom. The zero-order valence-corrected chi connectivity index (χ0v) is 19.6. The Kier molecular flexibility index (Phi) is 5.71. The first-order valence-corrected chi connectivity index (χ1v) is 12.0. The summed E-state index contributed by atoms with van der Waals surface area (Å²) in [7, 11) is 0. The van der Waals surface area contributed by atoms with Crippen LogP contribution in [0.15, 0.2) is 11.6 Å². The molecule has 7 nitrogen and oxygen atoms in total. The first-order chi connectivity index (χ1) is 14.9. The van der Waals surface area contributed by atoms with Crippen LogP contribution in [0.3, 0.4) is 0 Å². The lowest BCUT2D eigenvalue weighted by Crippen LogP contribution is -2.62. The minimum absolute atomic E-state index is 0.0147. The Hall–Kier alpha value is -1.89. The van der Waals surface area contributed by atoms with Gasteiger partial charge in [-0.3, -0.25) is 4.79 Å². The van der Waals surface area contributed by atoms with E-state index >= 15 is 0 Å². The maximum Gasteiger partial charge on any atom is 0.509 e. The lowest BCUT2D eigenvalue weighted by molar-refractivity contribution is -0.199. The van der Waals surface area contributed by atoms with Gasteiger partial charge >= 0.3 is 12.1 Å². The van der Waals surface area contributed by atoms with Crippen LogP contribution < -0.4 is 0 Å². The van der Waals surface area contributed by atoms with Gasteiger partial charge in [-0.25, -0.2) is 9.59 Å². The Morgan fingerprint density at radius 1 is 1.19 bits per heavy atom. The highest BCUT2D eigenvalue weighted by Gasteiger charge is 2.71. The van der Waals surface area contributed by atoms with Gasteiger partial charge in [0, 0.05) is 11.8 Å². The van der Waals surface area contributed by atoms with Crippen LogP contribution in [0.25, 0.3) is 0 Å². The number of allylic oxidation sites excluding steroid dienone is 1. The number of carboxylic acids is 1. The van der Waals surface area contributed by atoms with Crippen LogP contribution in [0, 0.1) is 34.5 Å². The van der Waals surface area contributed by atoms with E-state index in [9.17, 15) is 24.6 Å². The molecule has 32 heavy (non-hydrogen) atoms. The molecule has 2 N–H and O–H groups in total. The fraction of sp³-hybridized carbons (Fsp3) is 0.800. The second kappa shape index (κ2) is 7.86. The van der Waals surface area contributed by atoms with Crippen molar-refractivity contribution in [3.8, 4) is 0 Å². The van der Waals surface area contributed by atoms with Crippen LogP contribution >= 0.6 is 0 Å². The smallest absolute Gasteiger partial charge is 0.478 e. The van der Waals surface area contributed by atoms with Gasteiger partial charge in [-0.1, -0.05) is 33.3 Å². The van der Waals surface area contributed by atoms with Crippen molar-refractivity contribution in [3.05, 3.63) is 11.6 Å². The highest BCUT2D eigenvalue weighted by Crippen LogP contribution is 2.68. The predicted octanol–water partition coefficient (Wildman–Crippen LogP) is 4.12. The van der Waals surface area contributed by atoms with Gasteiger partial charge in [0.1, 0.15) is 0 Å². The molecular formula is C25H36O7. The van der Waals surface area contributed by atoms with Crippen LogP contribution in [-0.4, -0.2) is 46.4 Å². The molecule has 0 radical (unpaired) electrons. The van der Waals surface area contributed by atoms with E-state index in [2.05, 4.69) is 6.92 Å². The summed E-state index contributed by atoms with van der Waals surface area (Å²) >= 11 is 0. The quantitative estimate of drug-likeness (QED) is 0.622. The molecule has 0 bridgehead atoms. The zero-order chi connectivity index (χ0) is 23.5. The summed E-state index contributed by atoms with van der Waals surface area (Å²) in [5, 5.41) is 21.7. The highest BCUT2D eigenvalue weighted by atomic mass is 16.7. The normalized spacial score (nSPS) is 43.1. The Balaban J connectivity index is 1.66. The average Bonchev–Trinajstić information content (AvgIpc) is 2.99. The molecule has 0 aromatic heterocycles. The predicted molar refractivity (Wildman–Crippen MR) is 116 cm³/mol. The van der Waals surface area contributed by atoms with Gasteiger partial charge in [-0.2, -0.15) is 0 Å². The third-order valence-electron chi connectivity index (χ3n) is 9.15. The van der Waals surface area contributed by atoms with E-state index < -0.39 is 29.2 Å². The lowest BCUT2D eigenvalue weighted by Gasteiger charge is -2.60. The van der Waals surface area contributed by atoms with Crippen LogP contribution in [0.2, 0.25) is 0 Å². The van der Waals surface area contributed by atoms with Crippen molar-refractivity contribution < 1.29 is 34.1 Å². The molecule has 4 aliphatic carbocycles. The molecule has 4 aliphatic rings. The largest absolute Gasteiger partial charge is 0.509 e. The van der Waals surface area contributed by atoms with Gasteiger partial charge in [-0.05, 0) is 73.7 Å². The van der Waals surface area contributed by atoms with Gasteiger partial charge in [0.15, 0.2) is 5.78 Å². The van der Waals surface area contributed by atoms with Gasteiger partial charge in [-0.15, -0.1) is 0 Å². The third kappa shape index (κ3) is 3.30. The van der Waals surface area contributed by atoms with E-state index in [-0.39, 0.29) is 54.3 Å². The van der Waals surface area contributed by atoms with E-state index in [0.29, 0.717) is 12.8 Å². The van der Waals surface area contributed by atoms with Crippen molar-refractivity contribution in [1.29, 1.82) is 0 Å². The number of carbonyl (C=O) groups excluding carboxylic acids is 2.